The fourth-order valence-electron chi connectivity index (χ4n) is 2.14. The molecule has 0 spiro atoms. The molecular formula is C13H18N2O. The summed E-state index contributed by atoms with van der Waals surface area (Å²) in [5.41, 5.74) is 1.86. The first-order chi connectivity index (χ1) is 7.70. The fraction of sp³-hybridized carbons (Fsp3) is 0.462. The van der Waals surface area contributed by atoms with Crippen LogP contribution in [0.5, 0.6) is 0 Å². The summed E-state index contributed by atoms with van der Waals surface area (Å²) in [6.45, 7) is 3.90. The van der Waals surface area contributed by atoms with Crippen LogP contribution in [0.25, 0.3) is 0 Å². The first-order valence-corrected chi connectivity index (χ1v) is 5.73. The summed E-state index contributed by atoms with van der Waals surface area (Å²) >= 11 is 0. The number of hydrogen-bond acceptors (Lipinski definition) is 2. The second-order valence-corrected chi connectivity index (χ2v) is 4.38. The smallest absolute Gasteiger partial charge is 0.254 e. The third kappa shape index (κ3) is 2.09. The minimum atomic E-state index is 0.131. The minimum Gasteiger partial charge on any atom is -0.337 e. The largest absolute Gasteiger partial charge is 0.337 e. The van der Waals surface area contributed by atoms with Crippen molar-refractivity contribution in [1.29, 1.82) is 0 Å². The van der Waals surface area contributed by atoms with Gasteiger partial charge in [-0.05, 0) is 31.5 Å². The van der Waals surface area contributed by atoms with Crippen molar-refractivity contribution in [2.45, 2.75) is 19.4 Å². The molecule has 0 bridgehead atoms. The van der Waals surface area contributed by atoms with Gasteiger partial charge in [-0.15, -0.1) is 0 Å². The number of nitrogens with zero attached hydrogens (tertiary/aromatic N) is 1. The molecule has 0 aliphatic carbocycles. The Labute approximate surface area is 96.5 Å². The Morgan fingerprint density at radius 2 is 2.19 bits per heavy atom. The lowest BCUT2D eigenvalue weighted by Gasteiger charge is -2.24. The zero-order valence-corrected chi connectivity index (χ0v) is 9.86. The van der Waals surface area contributed by atoms with Crippen LogP contribution in [0.15, 0.2) is 24.3 Å². The van der Waals surface area contributed by atoms with E-state index in [2.05, 4.69) is 5.32 Å². The number of likely N-dealkylation sites (N-methyl/N-ethyl adjacent to an activating group) is 1. The lowest BCUT2D eigenvalue weighted by atomic mass is 10.1. The topological polar surface area (TPSA) is 32.3 Å². The van der Waals surface area contributed by atoms with Crippen LogP contribution >= 0.6 is 0 Å². The maximum atomic E-state index is 12.3. The Bertz CT molecular complexity index is 383. The van der Waals surface area contributed by atoms with Gasteiger partial charge in [-0.25, -0.2) is 0 Å². The van der Waals surface area contributed by atoms with Crippen molar-refractivity contribution in [3.05, 3.63) is 35.4 Å². The highest BCUT2D eigenvalue weighted by molar-refractivity contribution is 5.95. The number of aryl methyl sites for hydroxylation is 1. The Hall–Kier alpha value is -1.35. The number of benzene rings is 1. The minimum absolute atomic E-state index is 0.131. The van der Waals surface area contributed by atoms with E-state index in [0.717, 1.165) is 30.6 Å². The van der Waals surface area contributed by atoms with Crippen LogP contribution in [0.2, 0.25) is 0 Å². The van der Waals surface area contributed by atoms with Crippen molar-refractivity contribution in [3.63, 3.8) is 0 Å². The molecule has 0 radical (unpaired) electrons. The molecule has 1 heterocycles. The molecule has 3 nitrogen and oxygen atoms in total. The van der Waals surface area contributed by atoms with Crippen molar-refractivity contribution < 1.29 is 4.79 Å². The normalized spacial score (nSPS) is 19.8. The van der Waals surface area contributed by atoms with Crippen LogP contribution in [0.1, 0.15) is 22.3 Å². The Balaban J connectivity index is 2.15. The van der Waals surface area contributed by atoms with Crippen molar-refractivity contribution in [2.75, 3.05) is 20.1 Å². The molecule has 16 heavy (non-hydrogen) atoms. The number of carbonyl (C=O) groups is 1. The van der Waals surface area contributed by atoms with Gasteiger partial charge in [0.15, 0.2) is 0 Å². The molecule has 86 valence electrons. The number of carbonyl (C=O) groups excluding carboxylic acids is 1. The van der Waals surface area contributed by atoms with E-state index in [1.165, 1.54) is 0 Å². The molecule has 1 N–H and O–H groups in total. The molecule has 1 aliphatic rings. The zero-order valence-electron chi connectivity index (χ0n) is 9.86. The van der Waals surface area contributed by atoms with Gasteiger partial charge in [0, 0.05) is 25.2 Å². The average Bonchev–Trinajstić information content (AvgIpc) is 2.81. The van der Waals surface area contributed by atoms with E-state index >= 15 is 0 Å². The van der Waals surface area contributed by atoms with Crippen LogP contribution in [0.4, 0.5) is 0 Å². The van der Waals surface area contributed by atoms with Gasteiger partial charge in [0.2, 0.25) is 0 Å². The Morgan fingerprint density at radius 3 is 2.81 bits per heavy atom. The van der Waals surface area contributed by atoms with Crippen LogP contribution in [0, 0.1) is 6.92 Å². The van der Waals surface area contributed by atoms with Crippen molar-refractivity contribution in [2.24, 2.45) is 0 Å². The van der Waals surface area contributed by atoms with Gasteiger partial charge in [-0.2, -0.15) is 0 Å². The van der Waals surface area contributed by atoms with Gasteiger partial charge < -0.3 is 10.2 Å². The summed E-state index contributed by atoms with van der Waals surface area (Å²) in [4.78, 5) is 14.1. The first kappa shape index (κ1) is 11.1. The molecule has 0 aromatic heterocycles. The first-order valence-electron chi connectivity index (χ1n) is 5.73. The third-order valence-electron chi connectivity index (χ3n) is 3.28. The summed E-state index contributed by atoms with van der Waals surface area (Å²) in [5.74, 6) is 0.131. The van der Waals surface area contributed by atoms with E-state index in [4.69, 9.17) is 0 Å². The Morgan fingerprint density at radius 1 is 1.44 bits per heavy atom. The van der Waals surface area contributed by atoms with Crippen molar-refractivity contribution in [1.82, 2.24) is 10.2 Å². The Kier molecular flexibility index (Phi) is 3.25. The molecule has 1 aromatic rings. The predicted octanol–water partition coefficient (Wildman–Crippen LogP) is 1.43. The molecular weight excluding hydrogens is 200 g/mol. The van der Waals surface area contributed by atoms with Crippen molar-refractivity contribution >= 4 is 5.91 Å². The summed E-state index contributed by atoms with van der Waals surface area (Å²) in [6, 6.07) is 8.10. The summed E-state index contributed by atoms with van der Waals surface area (Å²) in [6.07, 6.45) is 1.05. The molecule has 0 unspecified atom stereocenters. The van der Waals surface area contributed by atoms with E-state index in [0.29, 0.717) is 6.04 Å². The van der Waals surface area contributed by atoms with E-state index in [1.54, 1.807) is 0 Å². The molecule has 0 saturated carbocycles. The van der Waals surface area contributed by atoms with E-state index in [1.807, 2.05) is 43.1 Å². The summed E-state index contributed by atoms with van der Waals surface area (Å²) in [5, 5.41) is 3.28. The van der Waals surface area contributed by atoms with Gasteiger partial charge in [0.05, 0.1) is 0 Å². The van der Waals surface area contributed by atoms with Crippen LogP contribution in [-0.4, -0.2) is 37.0 Å². The number of amides is 1. The summed E-state index contributed by atoms with van der Waals surface area (Å²) < 4.78 is 0. The number of hydrogen-bond donors (Lipinski definition) is 1. The lowest BCUT2D eigenvalue weighted by Crippen LogP contribution is -2.38. The monoisotopic (exact) mass is 218 g/mol. The molecule has 1 fully saturated rings. The van der Waals surface area contributed by atoms with Crippen LogP contribution in [-0.2, 0) is 0 Å². The molecule has 2 rings (SSSR count). The molecule has 1 aromatic carbocycles. The highest BCUT2D eigenvalue weighted by Gasteiger charge is 2.24. The van der Waals surface area contributed by atoms with Crippen molar-refractivity contribution in [3.8, 4) is 0 Å². The second-order valence-electron chi connectivity index (χ2n) is 4.38. The zero-order chi connectivity index (χ0) is 11.5. The molecule has 1 aliphatic heterocycles. The standard InChI is InChI=1S/C13H18N2O/c1-10-5-3-4-6-12(10)13(16)15(2)11-7-8-14-9-11/h3-6,11,14H,7-9H2,1-2H3/t11-/m1/s1. The van der Waals surface area contributed by atoms with E-state index < -0.39 is 0 Å². The highest BCUT2D eigenvalue weighted by atomic mass is 16.2. The number of rotatable bonds is 2. The maximum Gasteiger partial charge on any atom is 0.254 e. The van der Waals surface area contributed by atoms with Crippen LogP contribution < -0.4 is 5.32 Å². The second kappa shape index (κ2) is 4.66. The van der Waals surface area contributed by atoms with Gasteiger partial charge in [-0.1, -0.05) is 18.2 Å². The molecule has 1 saturated heterocycles. The summed E-state index contributed by atoms with van der Waals surface area (Å²) in [7, 11) is 1.90. The maximum absolute atomic E-state index is 12.3. The SMILES string of the molecule is Cc1ccccc1C(=O)N(C)[C@@H]1CCNC1. The number of nitrogens with one attached hydrogen (secondary N) is 1. The van der Waals surface area contributed by atoms with E-state index in [-0.39, 0.29) is 5.91 Å². The van der Waals surface area contributed by atoms with Gasteiger partial charge in [0.25, 0.3) is 5.91 Å². The predicted molar refractivity (Wildman–Crippen MR) is 64.5 cm³/mol. The van der Waals surface area contributed by atoms with Gasteiger partial charge in [0.1, 0.15) is 0 Å². The highest BCUT2D eigenvalue weighted by Crippen LogP contribution is 2.14. The average molecular weight is 218 g/mol. The van der Waals surface area contributed by atoms with Gasteiger partial charge in [-0.3, -0.25) is 4.79 Å². The van der Waals surface area contributed by atoms with Gasteiger partial charge >= 0.3 is 0 Å². The molecule has 3 heteroatoms. The molecule has 1 amide bonds. The van der Waals surface area contributed by atoms with Crippen LogP contribution in [0.3, 0.4) is 0 Å². The third-order valence-corrected chi connectivity index (χ3v) is 3.28. The fourth-order valence-corrected chi connectivity index (χ4v) is 2.14. The van der Waals surface area contributed by atoms with E-state index in [9.17, 15) is 4.79 Å². The quantitative estimate of drug-likeness (QED) is 0.814. The lowest BCUT2D eigenvalue weighted by molar-refractivity contribution is 0.0743. The molecule has 1 atom stereocenters.